The van der Waals surface area contributed by atoms with Crippen molar-refractivity contribution < 1.29 is 19.8 Å². The number of carboxylic acids is 1. The number of phenols is 1. The first-order valence-corrected chi connectivity index (χ1v) is 6.16. The zero-order valence-corrected chi connectivity index (χ0v) is 11.0. The molecule has 0 radical (unpaired) electrons. The minimum atomic E-state index is -0.880. The lowest BCUT2D eigenvalue weighted by molar-refractivity contribution is -0.147. The third-order valence-corrected chi connectivity index (χ3v) is 3.73. The summed E-state index contributed by atoms with van der Waals surface area (Å²) in [5.41, 5.74) is 0.216. The normalized spacial score (nSPS) is 22.5. The van der Waals surface area contributed by atoms with Gasteiger partial charge in [-0.05, 0) is 38.0 Å². The summed E-state index contributed by atoms with van der Waals surface area (Å²) >= 11 is 0. The molecule has 102 valence electrons. The summed E-state index contributed by atoms with van der Waals surface area (Å²) in [6, 6.07) is 4.75. The van der Waals surface area contributed by atoms with Crippen LogP contribution in [0, 0.1) is 12.3 Å². The monoisotopic (exact) mass is 263 g/mol. The fourth-order valence-corrected chi connectivity index (χ4v) is 2.23. The molecule has 5 nitrogen and oxygen atoms in total. The van der Waals surface area contributed by atoms with E-state index in [1.165, 1.54) is 11.0 Å². The van der Waals surface area contributed by atoms with Gasteiger partial charge in [0.25, 0.3) is 5.91 Å². The number of hydrogen-bond acceptors (Lipinski definition) is 3. The second kappa shape index (κ2) is 4.57. The highest BCUT2D eigenvalue weighted by Gasteiger charge is 2.42. The molecule has 5 heteroatoms. The standard InChI is InChI=1S/C14H17NO4/c1-9-3-4-10(7-11(9)16)12(17)15-6-5-14(2,8-15)13(18)19/h3-4,7,16H,5-6,8H2,1-2H3,(H,18,19). The number of rotatable bonds is 2. The average molecular weight is 263 g/mol. The zero-order chi connectivity index (χ0) is 14.2. The molecular weight excluding hydrogens is 246 g/mol. The van der Waals surface area contributed by atoms with Crippen LogP contribution in [-0.2, 0) is 4.79 Å². The van der Waals surface area contributed by atoms with Crippen molar-refractivity contribution >= 4 is 11.9 Å². The van der Waals surface area contributed by atoms with E-state index in [0.29, 0.717) is 24.1 Å². The number of hydrogen-bond donors (Lipinski definition) is 2. The lowest BCUT2D eigenvalue weighted by Crippen LogP contribution is -2.34. The van der Waals surface area contributed by atoms with Gasteiger partial charge in [0.15, 0.2) is 0 Å². The summed E-state index contributed by atoms with van der Waals surface area (Å²) in [6.45, 7) is 4.03. The van der Waals surface area contributed by atoms with Crippen molar-refractivity contribution in [2.45, 2.75) is 20.3 Å². The molecule has 1 saturated heterocycles. The Hall–Kier alpha value is -2.04. The second-order valence-corrected chi connectivity index (χ2v) is 5.34. The van der Waals surface area contributed by atoms with Crippen molar-refractivity contribution in [2.24, 2.45) is 5.41 Å². The fourth-order valence-electron chi connectivity index (χ4n) is 2.23. The van der Waals surface area contributed by atoms with Crippen molar-refractivity contribution in [3.05, 3.63) is 29.3 Å². The van der Waals surface area contributed by atoms with Gasteiger partial charge in [-0.15, -0.1) is 0 Å². The fraction of sp³-hybridized carbons (Fsp3) is 0.429. The molecule has 1 fully saturated rings. The maximum atomic E-state index is 12.2. The smallest absolute Gasteiger partial charge is 0.311 e. The van der Waals surface area contributed by atoms with Crippen LogP contribution in [0.15, 0.2) is 18.2 Å². The number of aryl methyl sites for hydroxylation is 1. The molecule has 0 aliphatic carbocycles. The number of likely N-dealkylation sites (tertiary alicyclic amines) is 1. The van der Waals surface area contributed by atoms with E-state index in [-0.39, 0.29) is 18.2 Å². The Labute approximate surface area is 111 Å². The molecule has 1 atom stereocenters. The lowest BCUT2D eigenvalue weighted by atomic mass is 9.90. The molecule has 0 bridgehead atoms. The molecule has 2 N–H and O–H groups in total. The van der Waals surface area contributed by atoms with E-state index < -0.39 is 11.4 Å². The first kappa shape index (κ1) is 13.4. The number of phenolic OH excluding ortho intramolecular Hbond substituents is 1. The van der Waals surface area contributed by atoms with E-state index >= 15 is 0 Å². The van der Waals surface area contributed by atoms with Gasteiger partial charge in [0.1, 0.15) is 5.75 Å². The number of carbonyl (C=O) groups excluding carboxylic acids is 1. The molecule has 0 spiro atoms. The Morgan fingerprint density at radius 1 is 1.37 bits per heavy atom. The molecule has 19 heavy (non-hydrogen) atoms. The van der Waals surface area contributed by atoms with Crippen molar-refractivity contribution in [1.29, 1.82) is 0 Å². The van der Waals surface area contributed by atoms with Crippen molar-refractivity contribution in [2.75, 3.05) is 13.1 Å². The van der Waals surface area contributed by atoms with E-state index in [1.807, 2.05) is 0 Å². The predicted octanol–water partition coefficient (Wildman–Crippen LogP) is 1.64. The van der Waals surface area contributed by atoms with Gasteiger partial charge in [-0.2, -0.15) is 0 Å². The van der Waals surface area contributed by atoms with E-state index in [4.69, 9.17) is 5.11 Å². The predicted molar refractivity (Wildman–Crippen MR) is 69.1 cm³/mol. The molecule has 1 unspecified atom stereocenters. The molecule has 1 aliphatic heterocycles. The minimum absolute atomic E-state index is 0.0750. The van der Waals surface area contributed by atoms with Gasteiger partial charge < -0.3 is 15.1 Å². The van der Waals surface area contributed by atoms with Gasteiger partial charge in [0, 0.05) is 18.7 Å². The number of amides is 1. The Morgan fingerprint density at radius 2 is 2.05 bits per heavy atom. The molecule has 0 aromatic heterocycles. The second-order valence-electron chi connectivity index (χ2n) is 5.34. The Bertz CT molecular complexity index is 540. The summed E-state index contributed by atoms with van der Waals surface area (Å²) in [7, 11) is 0. The summed E-state index contributed by atoms with van der Waals surface area (Å²) in [5.74, 6) is -1.04. The topological polar surface area (TPSA) is 77.8 Å². The zero-order valence-electron chi connectivity index (χ0n) is 11.0. The van der Waals surface area contributed by atoms with E-state index in [2.05, 4.69) is 0 Å². The van der Waals surface area contributed by atoms with Gasteiger partial charge in [-0.3, -0.25) is 9.59 Å². The third kappa shape index (κ3) is 2.41. The highest BCUT2D eigenvalue weighted by molar-refractivity contribution is 5.95. The largest absolute Gasteiger partial charge is 0.508 e. The highest BCUT2D eigenvalue weighted by atomic mass is 16.4. The quantitative estimate of drug-likeness (QED) is 0.850. The summed E-state index contributed by atoms with van der Waals surface area (Å²) < 4.78 is 0. The Morgan fingerprint density at radius 3 is 2.58 bits per heavy atom. The van der Waals surface area contributed by atoms with Crippen LogP contribution in [0.5, 0.6) is 5.75 Å². The molecule has 1 aromatic rings. The van der Waals surface area contributed by atoms with Crippen LogP contribution in [0.3, 0.4) is 0 Å². The molecule has 1 aliphatic rings. The van der Waals surface area contributed by atoms with Crippen molar-refractivity contribution in [1.82, 2.24) is 4.90 Å². The number of carbonyl (C=O) groups is 2. The molecule has 1 amide bonds. The van der Waals surface area contributed by atoms with E-state index in [1.54, 1.807) is 26.0 Å². The van der Waals surface area contributed by atoms with Crippen molar-refractivity contribution in [3.63, 3.8) is 0 Å². The lowest BCUT2D eigenvalue weighted by Gasteiger charge is -2.20. The summed E-state index contributed by atoms with van der Waals surface area (Å²) in [4.78, 5) is 24.9. The third-order valence-electron chi connectivity index (χ3n) is 3.73. The SMILES string of the molecule is Cc1ccc(C(=O)N2CCC(C)(C(=O)O)C2)cc1O. The highest BCUT2D eigenvalue weighted by Crippen LogP contribution is 2.31. The van der Waals surface area contributed by atoms with Crippen LogP contribution in [0.2, 0.25) is 0 Å². The van der Waals surface area contributed by atoms with E-state index in [9.17, 15) is 14.7 Å². The Kier molecular flexibility index (Phi) is 3.22. The number of aliphatic carboxylic acids is 1. The van der Waals surface area contributed by atoms with E-state index in [0.717, 1.165) is 0 Å². The van der Waals surface area contributed by atoms with Gasteiger partial charge in [-0.25, -0.2) is 0 Å². The van der Waals surface area contributed by atoms with Crippen LogP contribution in [-0.4, -0.2) is 40.1 Å². The Balaban J connectivity index is 2.18. The molecule has 2 rings (SSSR count). The van der Waals surface area contributed by atoms with Gasteiger partial charge in [0.05, 0.1) is 5.41 Å². The van der Waals surface area contributed by atoms with Crippen LogP contribution >= 0.6 is 0 Å². The maximum Gasteiger partial charge on any atom is 0.311 e. The van der Waals surface area contributed by atoms with Crippen LogP contribution in [0.4, 0.5) is 0 Å². The summed E-state index contributed by atoms with van der Waals surface area (Å²) in [5, 5.41) is 18.8. The maximum absolute atomic E-state index is 12.2. The van der Waals surface area contributed by atoms with Gasteiger partial charge in [0.2, 0.25) is 0 Å². The van der Waals surface area contributed by atoms with Crippen LogP contribution in [0.25, 0.3) is 0 Å². The molecule has 1 aromatic carbocycles. The number of benzene rings is 1. The number of nitrogens with zero attached hydrogens (tertiary/aromatic N) is 1. The minimum Gasteiger partial charge on any atom is -0.508 e. The molecule has 0 saturated carbocycles. The first-order valence-electron chi connectivity index (χ1n) is 6.16. The van der Waals surface area contributed by atoms with Gasteiger partial charge in [-0.1, -0.05) is 6.07 Å². The van der Waals surface area contributed by atoms with Crippen LogP contribution < -0.4 is 0 Å². The van der Waals surface area contributed by atoms with Gasteiger partial charge >= 0.3 is 5.97 Å². The van der Waals surface area contributed by atoms with Crippen LogP contribution in [0.1, 0.15) is 29.3 Å². The summed E-state index contributed by atoms with van der Waals surface area (Å²) in [6.07, 6.45) is 0.450. The number of carboxylic acid groups (broad SMARTS) is 1. The molecular formula is C14H17NO4. The van der Waals surface area contributed by atoms with Crippen molar-refractivity contribution in [3.8, 4) is 5.75 Å². The first-order chi connectivity index (χ1) is 8.83. The number of aromatic hydroxyl groups is 1. The average Bonchev–Trinajstić information content (AvgIpc) is 2.76. The molecule has 1 heterocycles.